The second-order valence-corrected chi connectivity index (χ2v) is 14.5. The zero-order chi connectivity index (χ0) is 41.8. The number of benzene rings is 3. The van der Waals surface area contributed by atoms with Crippen molar-refractivity contribution in [3.05, 3.63) is 161 Å². The number of hydrogen-bond acceptors (Lipinski definition) is 12. The van der Waals surface area contributed by atoms with Crippen molar-refractivity contribution >= 4 is 6.16 Å². The number of aromatic amines is 2. The highest BCUT2D eigenvalue weighted by Gasteiger charge is 2.47. The van der Waals surface area contributed by atoms with Crippen molar-refractivity contribution in [1.29, 1.82) is 0 Å². The molecule has 2 fully saturated rings. The highest BCUT2D eigenvalue weighted by Crippen LogP contribution is 2.45. The lowest BCUT2D eigenvalue weighted by Crippen LogP contribution is -2.41. The van der Waals surface area contributed by atoms with Gasteiger partial charge in [-0.1, -0.05) is 61.5 Å². The molecule has 0 radical (unpaired) electrons. The molecule has 2 saturated heterocycles. The van der Waals surface area contributed by atoms with Crippen LogP contribution in [-0.4, -0.2) is 70.5 Å². The number of nitrogens with zero attached hydrogens (tertiary/aromatic N) is 2. The average Bonchev–Trinajstić information content (AvgIpc) is 3.85. The number of rotatable bonds is 13. The summed E-state index contributed by atoms with van der Waals surface area (Å²) in [5, 5.41) is 0. The Morgan fingerprint density at radius 1 is 0.695 bits per heavy atom. The smallest absolute Gasteiger partial charge is 0.497 e. The molecule has 2 aliphatic rings. The van der Waals surface area contributed by atoms with Gasteiger partial charge < -0.3 is 33.2 Å². The van der Waals surface area contributed by atoms with Crippen LogP contribution < -0.4 is 32.0 Å². The lowest BCUT2D eigenvalue weighted by Gasteiger charge is -2.39. The molecule has 0 amide bonds. The van der Waals surface area contributed by atoms with Crippen molar-refractivity contribution in [3.63, 3.8) is 0 Å². The highest BCUT2D eigenvalue weighted by atomic mass is 16.7. The average molecular weight is 811 g/mol. The molecule has 2 aliphatic heterocycles. The Bertz CT molecular complexity index is 2450. The molecule has 0 spiro atoms. The maximum Gasteiger partial charge on any atom is 0.508 e. The van der Waals surface area contributed by atoms with Gasteiger partial charge in [0.15, 0.2) is 0 Å². The van der Waals surface area contributed by atoms with Gasteiger partial charge in [0.25, 0.3) is 11.1 Å². The first-order valence-electron chi connectivity index (χ1n) is 19.2. The predicted molar refractivity (Wildman–Crippen MR) is 213 cm³/mol. The molecule has 4 heterocycles. The minimum atomic E-state index is -1.30. The van der Waals surface area contributed by atoms with Crippen LogP contribution in [0.1, 0.15) is 66.5 Å². The van der Waals surface area contributed by atoms with Crippen molar-refractivity contribution < 1.29 is 38.0 Å². The number of H-pyrrole nitrogens is 2. The lowest BCUT2D eigenvalue weighted by atomic mass is 9.79. The molecular formula is C43H46N4O12. The van der Waals surface area contributed by atoms with E-state index in [2.05, 4.69) is 9.97 Å². The summed E-state index contributed by atoms with van der Waals surface area (Å²) in [6.07, 6.45) is -2.33. The predicted octanol–water partition coefficient (Wildman–Crippen LogP) is 4.60. The molecule has 6 atom stereocenters. The third-order valence-electron chi connectivity index (χ3n) is 10.8. The van der Waals surface area contributed by atoms with Crippen LogP contribution in [0.2, 0.25) is 0 Å². The van der Waals surface area contributed by atoms with Gasteiger partial charge in [-0.3, -0.25) is 28.7 Å². The lowest BCUT2D eigenvalue weighted by molar-refractivity contribution is -0.107. The summed E-state index contributed by atoms with van der Waals surface area (Å²) in [5.74, 6) is 1.27. The van der Waals surface area contributed by atoms with E-state index in [1.807, 2.05) is 85.8 Å². The van der Waals surface area contributed by atoms with Crippen molar-refractivity contribution in [2.24, 2.45) is 0 Å². The number of carbonyl (C=O) groups excluding carboxylic acids is 1. The van der Waals surface area contributed by atoms with Crippen LogP contribution in [0, 0.1) is 13.8 Å². The summed E-state index contributed by atoms with van der Waals surface area (Å²) in [5.41, 5.74) is -0.758. The Morgan fingerprint density at radius 2 is 1.17 bits per heavy atom. The fraction of sp³-hybridized carbons (Fsp3) is 0.372. The van der Waals surface area contributed by atoms with E-state index in [4.69, 9.17) is 33.2 Å². The van der Waals surface area contributed by atoms with E-state index in [-0.39, 0.29) is 19.4 Å². The van der Waals surface area contributed by atoms with Gasteiger partial charge in [-0.2, -0.15) is 0 Å². The fourth-order valence-electron chi connectivity index (χ4n) is 7.67. The summed E-state index contributed by atoms with van der Waals surface area (Å²) in [4.78, 5) is 68.2. The molecule has 0 aliphatic carbocycles. The number of carbonyl (C=O) groups is 1. The van der Waals surface area contributed by atoms with E-state index in [1.54, 1.807) is 28.1 Å². The van der Waals surface area contributed by atoms with E-state index in [1.165, 1.54) is 21.5 Å². The van der Waals surface area contributed by atoms with Crippen molar-refractivity contribution in [2.75, 3.05) is 20.8 Å². The normalized spacial score (nSPS) is 21.6. The van der Waals surface area contributed by atoms with Crippen LogP contribution in [0.3, 0.4) is 0 Å². The van der Waals surface area contributed by atoms with Gasteiger partial charge in [-0.05, 0) is 61.2 Å². The van der Waals surface area contributed by atoms with Crippen LogP contribution in [0.25, 0.3) is 0 Å². The number of aryl methyl sites for hydroxylation is 2. The Labute approximate surface area is 338 Å². The summed E-state index contributed by atoms with van der Waals surface area (Å²) < 4.78 is 45.0. The topological polar surface area (TPSA) is 191 Å². The quantitative estimate of drug-likeness (QED) is 0.124. The molecule has 2 N–H and O–H groups in total. The highest BCUT2D eigenvalue weighted by molar-refractivity contribution is 5.60. The first-order valence-corrected chi connectivity index (χ1v) is 19.2. The third-order valence-corrected chi connectivity index (χ3v) is 10.8. The van der Waals surface area contributed by atoms with E-state index in [0.29, 0.717) is 29.0 Å². The van der Waals surface area contributed by atoms with Crippen LogP contribution >= 0.6 is 0 Å². The maximum atomic E-state index is 13.5. The van der Waals surface area contributed by atoms with Gasteiger partial charge in [0.05, 0.1) is 26.4 Å². The fourth-order valence-corrected chi connectivity index (χ4v) is 7.67. The minimum Gasteiger partial charge on any atom is -0.497 e. The zero-order valence-corrected chi connectivity index (χ0v) is 33.2. The zero-order valence-electron chi connectivity index (χ0n) is 33.2. The Hall–Kier alpha value is -6.23. The van der Waals surface area contributed by atoms with Crippen molar-refractivity contribution in [2.45, 2.75) is 82.5 Å². The van der Waals surface area contributed by atoms with Crippen LogP contribution in [0.5, 0.6) is 11.5 Å². The standard InChI is InChI=1S/C43H46N4O12/c1-6-32-33(20-36(56-32)46-22-25(2)38(48)44-40(46)50)58-42(52)55-24-35-34(21-37(57-35)47-23-26(3)39(49)45-41(47)51)59-43(27-10-8-7-9-11-27,28-12-16-30(53-4)17-13-28)29-14-18-31(54-5)19-15-29/h7-19,22-23,32-37H,6,20-21,24H2,1-5H3,(H,44,48,50)(H,45,49,51)/t32-,33?,34?,35-,36-,37-/m1/s1. The van der Waals surface area contributed by atoms with Gasteiger partial charge in [0, 0.05) is 36.4 Å². The SMILES string of the molecule is CC[C@H]1O[C@@H](n2cc(C)c(=O)[nH]c2=O)CC1OC(=O)OC[C@H]1O[C@@H](n2cc(C)c(=O)[nH]c2=O)CC1OC(c1ccccc1)(c1ccc(OC)cc1)c1ccc(OC)cc1. The molecule has 2 unspecified atom stereocenters. The number of ether oxygens (including phenoxy) is 7. The van der Waals surface area contributed by atoms with E-state index >= 15 is 0 Å². The van der Waals surface area contributed by atoms with Crippen molar-refractivity contribution in [3.8, 4) is 11.5 Å². The first-order chi connectivity index (χ1) is 28.4. The summed E-state index contributed by atoms with van der Waals surface area (Å²) in [7, 11) is 3.17. The summed E-state index contributed by atoms with van der Waals surface area (Å²) in [6.45, 7) is 4.66. The van der Waals surface area contributed by atoms with Gasteiger partial charge in [-0.25, -0.2) is 14.4 Å². The van der Waals surface area contributed by atoms with E-state index < -0.39 is 71.1 Å². The molecule has 0 bridgehead atoms. The monoisotopic (exact) mass is 810 g/mol. The second kappa shape index (κ2) is 17.3. The van der Waals surface area contributed by atoms with Crippen LogP contribution in [-0.2, 0) is 29.3 Å². The molecule has 16 heteroatoms. The van der Waals surface area contributed by atoms with Gasteiger partial charge >= 0.3 is 17.5 Å². The Kier molecular flexibility index (Phi) is 12.0. The summed E-state index contributed by atoms with van der Waals surface area (Å²) in [6, 6.07) is 24.6. The molecule has 7 rings (SSSR count). The van der Waals surface area contributed by atoms with Crippen LogP contribution in [0.4, 0.5) is 4.79 Å². The molecule has 3 aromatic carbocycles. The van der Waals surface area contributed by atoms with Gasteiger partial charge in [-0.15, -0.1) is 0 Å². The molecular weight excluding hydrogens is 764 g/mol. The van der Waals surface area contributed by atoms with E-state index in [9.17, 15) is 24.0 Å². The minimum absolute atomic E-state index is 0.110. The van der Waals surface area contributed by atoms with Crippen LogP contribution in [0.15, 0.2) is 110 Å². The molecule has 16 nitrogen and oxygen atoms in total. The molecule has 59 heavy (non-hydrogen) atoms. The first kappa shape index (κ1) is 40.9. The number of hydrogen-bond donors (Lipinski definition) is 2. The molecule has 5 aromatic rings. The Morgan fingerprint density at radius 3 is 1.66 bits per heavy atom. The molecule has 310 valence electrons. The molecule has 2 aromatic heterocycles. The number of aromatic nitrogens is 4. The van der Waals surface area contributed by atoms with Crippen molar-refractivity contribution in [1.82, 2.24) is 19.1 Å². The van der Waals surface area contributed by atoms with E-state index in [0.717, 1.165) is 16.7 Å². The second-order valence-electron chi connectivity index (χ2n) is 14.5. The Balaban J connectivity index is 1.22. The number of methoxy groups -OCH3 is 2. The maximum absolute atomic E-state index is 13.5. The largest absolute Gasteiger partial charge is 0.508 e. The van der Waals surface area contributed by atoms with Gasteiger partial charge in [0.2, 0.25) is 0 Å². The number of nitrogens with one attached hydrogen (secondary N) is 2. The summed E-state index contributed by atoms with van der Waals surface area (Å²) >= 11 is 0. The third kappa shape index (κ3) is 8.37. The van der Waals surface area contributed by atoms with Gasteiger partial charge in [0.1, 0.15) is 48.4 Å². The molecule has 0 saturated carbocycles.